The predicted octanol–water partition coefficient (Wildman–Crippen LogP) is 0.975. The van der Waals surface area contributed by atoms with Gasteiger partial charge in [-0.15, -0.1) is 6.58 Å². The average Bonchev–Trinajstić information content (AvgIpc) is 2.87. The molecule has 1 aliphatic rings. The monoisotopic (exact) mass is 269 g/mol. The van der Waals surface area contributed by atoms with Crippen LogP contribution >= 0.6 is 0 Å². The van der Waals surface area contributed by atoms with E-state index in [9.17, 15) is 8.42 Å². The molecule has 5 nitrogen and oxygen atoms in total. The number of imidazole rings is 1. The van der Waals surface area contributed by atoms with Crippen molar-refractivity contribution in [1.82, 2.24) is 14.9 Å². The Balaban J connectivity index is 2.17. The van der Waals surface area contributed by atoms with Gasteiger partial charge in [-0.1, -0.05) is 6.08 Å². The molecule has 0 radical (unpaired) electrons. The Morgan fingerprint density at radius 2 is 2.44 bits per heavy atom. The maximum absolute atomic E-state index is 11.7. The first kappa shape index (κ1) is 13.3. The van der Waals surface area contributed by atoms with Gasteiger partial charge < -0.3 is 4.98 Å². The lowest BCUT2D eigenvalue weighted by atomic mass is 9.99. The molecule has 0 amide bonds. The molecule has 18 heavy (non-hydrogen) atoms. The van der Waals surface area contributed by atoms with E-state index in [4.69, 9.17) is 0 Å². The van der Waals surface area contributed by atoms with Crippen molar-refractivity contribution in [3.8, 4) is 0 Å². The molecule has 2 rings (SSSR count). The molecule has 1 aliphatic heterocycles. The first-order valence-electron chi connectivity index (χ1n) is 6.00. The zero-order valence-electron chi connectivity index (χ0n) is 10.6. The van der Waals surface area contributed by atoms with Crippen molar-refractivity contribution >= 4 is 9.84 Å². The van der Waals surface area contributed by atoms with Crippen LogP contribution in [0.15, 0.2) is 25.0 Å². The van der Waals surface area contributed by atoms with Crippen molar-refractivity contribution in [2.45, 2.75) is 25.4 Å². The normalized spacial score (nSPS) is 26.6. The zero-order chi connectivity index (χ0) is 13.2. The van der Waals surface area contributed by atoms with Gasteiger partial charge in [0.15, 0.2) is 9.84 Å². The molecule has 1 aromatic rings. The Labute approximate surface area is 108 Å². The summed E-state index contributed by atoms with van der Waals surface area (Å²) in [6.45, 7) is 7.03. The highest BCUT2D eigenvalue weighted by molar-refractivity contribution is 7.91. The van der Waals surface area contributed by atoms with E-state index < -0.39 is 9.84 Å². The van der Waals surface area contributed by atoms with Crippen LogP contribution in [-0.4, -0.2) is 46.9 Å². The molecule has 0 saturated carbocycles. The molecular weight excluding hydrogens is 250 g/mol. The van der Waals surface area contributed by atoms with Crippen LogP contribution in [0.5, 0.6) is 0 Å². The minimum absolute atomic E-state index is 0.217. The lowest BCUT2D eigenvalue weighted by Gasteiger charge is -2.36. The topological polar surface area (TPSA) is 66.1 Å². The molecule has 1 saturated heterocycles. The van der Waals surface area contributed by atoms with Gasteiger partial charge >= 0.3 is 0 Å². The molecule has 2 heterocycles. The quantitative estimate of drug-likeness (QED) is 0.809. The number of aromatic nitrogens is 2. The Morgan fingerprint density at radius 3 is 2.94 bits per heavy atom. The van der Waals surface area contributed by atoms with Gasteiger partial charge in [0.2, 0.25) is 0 Å². The fourth-order valence-corrected chi connectivity index (χ4v) is 4.61. The summed E-state index contributed by atoms with van der Waals surface area (Å²) in [5.41, 5.74) is -0.320. The molecule has 1 atom stereocenters. The minimum Gasteiger partial charge on any atom is -0.348 e. The summed E-state index contributed by atoms with van der Waals surface area (Å²) < 4.78 is 23.4. The SMILES string of the molecule is C=CCN(Cc1ncc[nH]1)[C@@]1(C)CCS(=O)(=O)C1. The number of hydrogen-bond acceptors (Lipinski definition) is 4. The fourth-order valence-electron chi connectivity index (χ4n) is 2.44. The second-order valence-electron chi connectivity index (χ2n) is 5.04. The number of nitrogens with one attached hydrogen (secondary N) is 1. The highest BCUT2D eigenvalue weighted by Gasteiger charge is 2.42. The summed E-state index contributed by atoms with van der Waals surface area (Å²) in [4.78, 5) is 9.38. The van der Waals surface area contributed by atoms with Crippen LogP contribution in [0.2, 0.25) is 0 Å². The maximum atomic E-state index is 11.7. The van der Waals surface area contributed by atoms with Crippen molar-refractivity contribution in [3.05, 3.63) is 30.9 Å². The molecule has 0 aliphatic carbocycles. The van der Waals surface area contributed by atoms with E-state index in [1.807, 2.05) is 6.92 Å². The number of hydrogen-bond donors (Lipinski definition) is 1. The van der Waals surface area contributed by atoms with Gasteiger partial charge in [-0.25, -0.2) is 13.4 Å². The first-order chi connectivity index (χ1) is 8.45. The van der Waals surface area contributed by atoms with Crippen LogP contribution in [0, 0.1) is 0 Å². The molecule has 0 aromatic carbocycles. The van der Waals surface area contributed by atoms with Crippen LogP contribution in [0.1, 0.15) is 19.2 Å². The first-order valence-corrected chi connectivity index (χ1v) is 7.82. The Morgan fingerprint density at radius 1 is 1.67 bits per heavy atom. The second-order valence-corrected chi connectivity index (χ2v) is 7.23. The van der Waals surface area contributed by atoms with Gasteiger partial charge in [-0.2, -0.15) is 0 Å². The predicted molar refractivity (Wildman–Crippen MR) is 70.9 cm³/mol. The third-order valence-electron chi connectivity index (χ3n) is 3.49. The van der Waals surface area contributed by atoms with Crippen LogP contribution in [0.4, 0.5) is 0 Å². The highest BCUT2D eigenvalue weighted by Crippen LogP contribution is 2.30. The van der Waals surface area contributed by atoms with E-state index in [1.54, 1.807) is 18.5 Å². The molecular formula is C12H19N3O2S. The third-order valence-corrected chi connectivity index (χ3v) is 5.38. The van der Waals surface area contributed by atoms with Crippen molar-refractivity contribution in [2.24, 2.45) is 0 Å². The van der Waals surface area contributed by atoms with Crippen molar-refractivity contribution in [3.63, 3.8) is 0 Å². The minimum atomic E-state index is -2.90. The summed E-state index contributed by atoms with van der Waals surface area (Å²) in [5, 5.41) is 0. The molecule has 100 valence electrons. The lowest BCUT2D eigenvalue weighted by Crippen LogP contribution is -2.47. The maximum Gasteiger partial charge on any atom is 0.152 e. The van der Waals surface area contributed by atoms with Crippen molar-refractivity contribution in [2.75, 3.05) is 18.1 Å². The molecule has 1 aromatic heterocycles. The summed E-state index contributed by atoms with van der Waals surface area (Å²) >= 11 is 0. The van der Waals surface area contributed by atoms with E-state index in [-0.39, 0.29) is 17.0 Å². The Bertz CT molecular complexity index is 509. The highest BCUT2D eigenvalue weighted by atomic mass is 32.2. The standard InChI is InChI=1S/C12H19N3O2S/c1-3-7-15(9-11-13-5-6-14-11)12(2)4-8-18(16,17)10-12/h3,5-6H,1,4,7-10H2,2H3,(H,13,14)/t12-/m0/s1. The molecule has 1 fully saturated rings. The number of rotatable bonds is 5. The molecule has 0 unspecified atom stereocenters. The van der Waals surface area contributed by atoms with Crippen molar-refractivity contribution < 1.29 is 8.42 Å². The number of nitrogens with zero attached hydrogens (tertiary/aromatic N) is 2. The van der Waals surface area contributed by atoms with E-state index in [0.717, 1.165) is 5.82 Å². The Kier molecular flexibility index (Phi) is 3.59. The lowest BCUT2D eigenvalue weighted by molar-refractivity contribution is 0.130. The van der Waals surface area contributed by atoms with Gasteiger partial charge in [0.1, 0.15) is 5.82 Å². The van der Waals surface area contributed by atoms with Crippen LogP contribution < -0.4 is 0 Å². The number of aromatic amines is 1. The van der Waals surface area contributed by atoms with E-state index >= 15 is 0 Å². The fraction of sp³-hybridized carbons (Fsp3) is 0.583. The van der Waals surface area contributed by atoms with E-state index in [0.29, 0.717) is 19.5 Å². The number of sulfone groups is 1. The van der Waals surface area contributed by atoms with Gasteiger partial charge in [-0.05, 0) is 13.3 Å². The van der Waals surface area contributed by atoms with E-state index in [1.165, 1.54) is 0 Å². The third kappa shape index (κ3) is 2.81. The zero-order valence-corrected chi connectivity index (χ0v) is 11.4. The summed E-state index contributed by atoms with van der Waals surface area (Å²) in [7, 11) is -2.90. The van der Waals surface area contributed by atoms with Crippen LogP contribution in [-0.2, 0) is 16.4 Å². The van der Waals surface area contributed by atoms with Gasteiger partial charge in [0.25, 0.3) is 0 Å². The molecule has 6 heteroatoms. The molecule has 0 spiro atoms. The van der Waals surface area contributed by atoms with Crippen LogP contribution in [0.25, 0.3) is 0 Å². The Hall–Kier alpha value is -1.14. The molecule has 0 bridgehead atoms. The summed E-state index contributed by atoms with van der Waals surface area (Å²) in [5.74, 6) is 1.34. The van der Waals surface area contributed by atoms with Gasteiger partial charge in [-0.3, -0.25) is 4.90 Å². The average molecular weight is 269 g/mol. The number of H-pyrrole nitrogens is 1. The van der Waals surface area contributed by atoms with E-state index in [2.05, 4.69) is 21.4 Å². The summed E-state index contributed by atoms with van der Waals surface area (Å²) in [6, 6.07) is 0. The smallest absolute Gasteiger partial charge is 0.152 e. The van der Waals surface area contributed by atoms with Gasteiger partial charge in [0, 0.05) is 24.5 Å². The summed E-state index contributed by atoms with van der Waals surface area (Å²) in [6.07, 6.45) is 5.95. The second kappa shape index (κ2) is 4.85. The largest absolute Gasteiger partial charge is 0.348 e. The molecule has 1 N–H and O–H groups in total. The van der Waals surface area contributed by atoms with Crippen LogP contribution in [0.3, 0.4) is 0 Å². The van der Waals surface area contributed by atoms with Crippen molar-refractivity contribution in [1.29, 1.82) is 0 Å². The van der Waals surface area contributed by atoms with Gasteiger partial charge in [0.05, 0.1) is 18.1 Å².